The third kappa shape index (κ3) is 3.43. The van der Waals surface area contributed by atoms with Gasteiger partial charge in [0.1, 0.15) is 10.0 Å². The molecule has 26 heavy (non-hydrogen) atoms. The molecule has 0 spiro atoms. The van der Waals surface area contributed by atoms with E-state index in [0.717, 1.165) is 34.5 Å². The van der Waals surface area contributed by atoms with Gasteiger partial charge in [0.05, 0.1) is 29.8 Å². The molecule has 0 aliphatic heterocycles. The Labute approximate surface area is 147 Å². The van der Waals surface area contributed by atoms with Crippen molar-refractivity contribution in [1.82, 2.24) is 19.7 Å². The van der Waals surface area contributed by atoms with Crippen LogP contribution < -0.4 is 5.32 Å². The molecule has 0 unspecified atom stereocenters. The van der Waals surface area contributed by atoms with E-state index < -0.39 is 23.5 Å². The molecule has 0 amide bonds. The highest BCUT2D eigenvalue weighted by molar-refractivity contribution is 7.19. The lowest BCUT2D eigenvalue weighted by Gasteiger charge is -2.08. The minimum Gasteiger partial charge on any atom is -0.346 e. The summed E-state index contributed by atoms with van der Waals surface area (Å²) in [6, 6.07) is 0.875. The average Bonchev–Trinajstić information content (AvgIpc) is 3.13. The molecular formula is C15H10F5N5S. The van der Waals surface area contributed by atoms with Gasteiger partial charge in [-0.25, -0.2) is 13.8 Å². The Morgan fingerprint density at radius 2 is 1.85 bits per heavy atom. The van der Waals surface area contributed by atoms with Crippen LogP contribution >= 0.6 is 11.3 Å². The summed E-state index contributed by atoms with van der Waals surface area (Å²) in [5.74, 6) is -1.79. The second kappa shape index (κ2) is 6.48. The Bertz CT molecular complexity index is 955. The molecule has 0 saturated carbocycles. The average molecular weight is 387 g/mol. The molecule has 0 aliphatic carbocycles. The van der Waals surface area contributed by atoms with Crippen molar-refractivity contribution in [3.05, 3.63) is 54.1 Å². The van der Waals surface area contributed by atoms with Gasteiger partial charge in [-0.15, -0.1) is 0 Å². The summed E-state index contributed by atoms with van der Waals surface area (Å²) in [7, 11) is 1.36. The minimum atomic E-state index is -4.57. The molecule has 0 radical (unpaired) electrons. The van der Waals surface area contributed by atoms with Crippen LogP contribution in [0.2, 0.25) is 0 Å². The van der Waals surface area contributed by atoms with Crippen LogP contribution in [0.5, 0.6) is 0 Å². The van der Waals surface area contributed by atoms with Crippen molar-refractivity contribution < 1.29 is 22.0 Å². The standard InChI is InChI=1S/C15H10F5N5S/c1-7(13-8(16)4-21-5-9(13)17)23-12-6-22-14(26-12)10-3-11(15(18,19)20)24-25(10)2/h3-6,23H,1H2,2H3. The Morgan fingerprint density at radius 3 is 2.42 bits per heavy atom. The lowest BCUT2D eigenvalue weighted by molar-refractivity contribution is -0.141. The molecule has 0 bridgehead atoms. The number of anilines is 1. The number of thiazole rings is 1. The van der Waals surface area contributed by atoms with Crippen molar-refractivity contribution in [3.63, 3.8) is 0 Å². The fourth-order valence-electron chi connectivity index (χ4n) is 2.17. The first kappa shape index (κ1) is 18.0. The van der Waals surface area contributed by atoms with E-state index in [0.29, 0.717) is 5.00 Å². The third-order valence-electron chi connectivity index (χ3n) is 3.32. The van der Waals surface area contributed by atoms with E-state index in [9.17, 15) is 22.0 Å². The van der Waals surface area contributed by atoms with Crippen LogP contribution in [0.1, 0.15) is 11.3 Å². The van der Waals surface area contributed by atoms with E-state index in [1.165, 1.54) is 13.2 Å². The Hall–Kier alpha value is -2.82. The van der Waals surface area contributed by atoms with Crippen LogP contribution in [-0.2, 0) is 13.2 Å². The molecule has 0 aliphatic rings. The predicted molar refractivity (Wildman–Crippen MR) is 86.1 cm³/mol. The summed E-state index contributed by atoms with van der Waals surface area (Å²) in [5.41, 5.74) is -1.33. The van der Waals surface area contributed by atoms with Crippen LogP contribution in [0, 0.1) is 11.6 Å². The number of halogens is 5. The molecule has 3 heterocycles. The van der Waals surface area contributed by atoms with Crippen molar-refractivity contribution in [2.45, 2.75) is 6.18 Å². The van der Waals surface area contributed by atoms with Crippen LogP contribution in [-0.4, -0.2) is 19.7 Å². The zero-order valence-corrected chi connectivity index (χ0v) is 13.9. The molecule has 136 valence electrons. The molecule has 0 saturated heterocycles. The summed E-state index contributed by atoms with van der Waals surface area (Å²) < 4.78 is 66.7. The van der Waals surface area contributed by atoms with Gasteiger partial charge in [-0.1, -0.05) is 17.9 Å². The monoisotopic (exact) mass is 387 g/mol. The molecule has 3 aromatic heterocycles. The number of hydrogen-bond acceptors (Lipinski definition) is 5. The summed E-state index contributed by atoms with van der Waals surface area (Å²) >= 11 is 0.987. The number of rotatable bonds is 4. The maximum atomic E-state index is 13.7. The van der Waals surface area contributed by atoms with Gasteiger partial charge in [0.25, 0.3) is 0 Å². The number of nitrogens with one attached hydrogen (secondary N) is 1. The Morgan fingerprint density at radius 1 is 1.19 bits per heavy atom. The molecule has 5 nitrogen and oxygen atoms in total. The van der Waals surface area contributed by atoms with Crippen LogP contribution in [0.25, 0.3) is 16.4 Å². The largest absolute Gasteiger partial charge is 0.435 e. The van der Waals surface area contributed by atoms with Gasteiger partial charge in [-0.05, 0) is 6.07 Å². The van der Waals surface area contributed by atoms with Gasteiger partial charge in [0.2, 0.25) is 0 Å². The first-order valence-electron chi connectivity index (χ1n) is 6.99. The number of hydrogen-bond donors (Lipinski definition) is 1. The fraction of sp³-hybridized carbons (Fsp3) is 0.133. The number of alkyl halides is 3. The van der Waals surface area contributed by atoms with Crippen molar-refractivity contribution >= 4 is 22.0 Å². The summed E-state index contributed by atoms with van der Waals surface area (Å²) in [6.45, 7) is 3.57. The Balaban J connectivity index is 1.85. The number of aryl methyl sites for hydroxylation is 1. The fourth-order valence-corrected chi connectivity index (χ4v) is 3.06. The number of pyridine rings is 1. The SMILES string of the molecule is C=C(Nc1cnc(-c2cc(C(F)(F)F)nn2C)s1)c1c(F)cncc1F. The molecule has 0 atom stereocenters. The van der Waals surface area contributed by atoms with Gasteiger partial charge >= 0.3 is 6.18 Å². The quantitative estimate of drug-likeness (QED) is 0.678. The molecule has 0 fully saturated rings. The minimum absolute atomic E-state index is 0.0708. The van der Waals surface area contributed by atoms with Crippen LogP contribution in [0.15, 0.2) is 31.2 Å². The van der Waals surface area contributed by atoms with Crippen molar-refractivity contribution in [2.24, 2.45) is 7.05 Å². The molecule has 3 aromatic rings. The maximum absolute atomic E-state index is 13.7. The lowest BCUT2D eigenvalue weighted by atomic mass is 10.2. The highest BCUT2D eigenvalue weighted by atomic mass is 32.1. The molecule has 3 rings (SSSR count). The van der Waals surface area contributed by atoms with E-state index >= 15 is 0 Å². The van der Waals surface area contributed by atoms with Gasteiger partial charge in [0.15, 0.2) is 17.3 Å². The molecule has 11 heteroatoms. The number of nitrogens with zero attached hydrogens (tertiary/aromatic N) is 4. The maximum Gasteiger partial charge on any atom is 0.435 e. The van der Waals surface area contributed by atoms with Gasteiger partial charge in [-0.3, -0.25) is 9.67 Å². The van der Waals surface area contributed by atoms with E-state index in [1.807, 2.05) is 0 Å². The smallest absolute Gasteiger partial charge is 0.346 e. The van der Waals surface area contributed by atoms with Crippen molar-refractivity contribution in [3.8, 4) is 10.7 Å². The summed E-state index contributed by atoms with van der Waals surface area (Å²) in [5, 5.41) is 6.70. The van der Waals surface area contributed by atoms with Crippen molar-refractivity contribution in [1.29, 1.82) is 0 Å². The number of aromatic nitrogens is 4. The van der Waals surface area contributed by atoms with Gasteiger partial charge < -0.3 is 5.32 Å². The van der Waals surface area contributed by atoms with Gasteiger partial charge in [0, 0.05) is 12.7 Å². The predicted octanol–water partition coefficient (Wildman–Crippen LogP) is 4.32. The zero-order valence-electron chi connectivity index (χ0n) is 13.1. The summed E-state index contributed by atoms with van der Waals surface area (Å²) in [4.78, 5) is 7.40. The van der Waals surface area contributed by atoms with E-state index in [2.05, 4.69) is 27.0 Å². The van der Waals surface area contributed by atoms with Crippen LogP contribution in [0.3, 0.4) is 0 Å². The van der Waals surface area contributed by atoms with Crippen LogP contribution in [0.4, 0.5) is 27.0 Å². The van der Waals surface area contributed by atoms with Crippen molar-refractivity contribution in [2.75, 3.05) is 5.32 Å². The highest BCUT2D eigenvalue weighted by Gasteiger charge is 2.35. The molecular weight excluding hydrogens is 377 g/mol. The van der Waals surface area contributed by atoms with Gasteiger partial charge in [-0.2, -0.15) is 18.3 Å². The van der Waals surface area contributed by atoms with E-state index in [-0.39, 0.29) is 22.0 Å². The zero-order chi connectivity index (χ0) is 19.1. The second-order valence-corrected chi connectivity index (χ2v) is 6.18. The first-order chi connectivity index (χ1) is 12.2. The normalized spacial score (nSPS) is 11.6. The topological polar surface area (TPSA) is 55.6 Å². The lowest BCUT2D eigenvalue weighted by Crippen LogP contribution is -2.06. The highest BCUT2D eigenvalue weighted by Crippen LogP contribution is 2.34. The molecule has 1 N–H and O–H groups in total. The van der Waals surface area contributed by atoms with E-state index in [1.54, 1.807) is 0 Å². The van der Waals surface area contributed by atoms with E-state index in [4.69, 9.17) is 0 Å². The second-order valence-electron chi connectivity index (χ2n) is 5.15. The summed E-state index contributed by atoms with van der Waals surface area (Å²) in [6.07, 6.45) is -1.56. The Kier molecular flexibility index (Phi) is 4.48. The molecule has 0 aromatic carbocycles. The third-order valence-corrected chi connectivity index (χ3v) is 4.26. The first-order valence-corrected chi connectivity index (χ1v) is 7.81.